The first-order valence-electron chi connectivity index (χ1n) is 21.9. The summed E-state index contributed by atoms with van der Waals surface area (Å²) in [7, 11) is 2.40. The molecule has 4 aliphatic heterocycles. The normalized spacial score (nSPS) is 35.8. The molecule has 4 aliphatic rings. The highest BCUT2D eigenvalue weighted by Gasteiger charge is 2.59. The Morgan fingerprint density at radius 3 is 2.20 bits per heavy atom. The summed E-state index contributed by atoms with van der Waals surface area (Å²) in [6.45, 7) is 11.2. The van der Waals surface area contributed by atoms with Crippen LogP contribution in [0.15, 0.2) is 59.8 Å². The molecule has 0 aromatic carbocycles. The molecular weight excluding hydrogens is 836 g/mol. The summed E-state index contributed by atoms with van der Waals surface area (Å²) in [5.74, 6) is -8.31. The minimum atomic E-state index is -2.47. The lowest BCUT2D eigenvalue weighted by molar-refractivity contribution is -0.348. The predicted molar refractivity (Wildman–Crippen MR) is 228 cm³/mol. The second-order valence-corrected chi connectivity index (χ2v) is 18.3. The number of methoxy groups -OCH3 is 2. The molecule has 6 bridgehead atoms. The summed E-state index contributed by atoms with van der Waals surface area (Å²) in [6.07, 6.45) is 2.55. The van der Waals surface area contributed by atoms with Gasteiger partial charge in [-0.1, -0.05) is 77.0 Å². The average Bonchev–Trinajstić information content (AvgIpc) is 3.19. The summed E-state index contributed by atoms with van der Waals surface area (Å²) in [6, 6.07) is 0. The van der Waals surface area contributed by atoms with Crippen LogP contribution in [0.4, 0.5) is 0 Å². The maximum atomic E-state index is 13.4. The number of carbonyl (C=O) groups excluding carboxylic acids is 5. The van der Waals surface area contributed by atoms with Crippen LogP contribution in [0, 0.1) is 10.8 Å². The van der Waals surface area contributed by atoms with Crippen LogP contribution in [0.25, 0.3) is 0 Å². The van der Waals surface area contributed by atoms with Gasteiger partial charge in [0.25, 0.3) is 0 Å². The zero-order chi connectivity index (χ0) is 47.6. The fourth-order valence-electron chi connectivity index (χ4n) is 8.57. The van der Waals surface area contributed by atoms with Crippen LogP contribution >= 0.6 is 0 Å². The molecule has 0 unspecified atom stereocenters. The van der Waals surface area contributed by atoms with Gasteiger partial charge in [0.1, 0.15) is 12.2 Å². The quantitative estimate of drug-likeness (QED) is 0.0830. The number of aliphatic hydroxyl groups excluding tert-OH is 2. The van der Waals surface area contributed by atoms with Crippen LogP contribution in [0.3, 0.4) is 0 Å². The molecule has 3 fully saturated rings. The van der Waals surface area contributed by atoms with Crippen molar-refractivity contribution in [1.82, 2.24) is 0 Å². The summed E-state index contributed by atoms with van der Waals surface area (Å²) in [5, 5.41) is 47.5. The smallest absolute Gasteiger partial charge is 0.331 e. The van der Waals surface area contributed by atoms with E-state index in [9.17, 15) is 44.4 Å². The lowest BCUT2D eigenvalue weighted by atomic mass is 9.70. The van der Waals surface area contributed by atoms with Gasteiger partial charge in [-0.05, 0) is 38.2 Å². The zero-order valence-electron chi connectivity index (χ0n) is 38.5. The van der Waals surface area contributed by atoms with Crippen molar-refractivity contribution in [2.45, 2.75) is 179 Å². The van der Waals surface area contributed by atoms with Gasteiger partial charge >= 0.3 is 29.8 Å². The van der Waals surface area contributed by atoms with Gasteiger partial charge in [0, 0.05) is 56.3 Å². The number of esters is 5. The molecule has 3 saturated heterocycles. The van der Waals surface area contributed by atoms with E-state index < -0.39 is 114 Å². The molecular formula is C47H68O17. The molecule has 0 amide bonds. The SMILES string of the molecule is CCC/C=C/C=C/C(=O)O[C@H]1/C(=C/C(=O)OC)C[C@H]2C[C@H]([C@@H](C)O)OC(=O)C[C@H](O)C[C@@H]3C[C@H](OC(C)=O)C(C)(C)[C@@](O)(C[C@@H]4C/C(=C/C(=O)OC)C[C@H](/C=C/C(C)(C)[C@]1(O)O2)O4)O3. The third-order valence-electron chi connectivity index (χ3n) is 12.4. The largest absolute Gasteiger partial charge is 0.466 e. The summed E-state index contributed by atoms with van der Waals surface area (Å²) in [4.78, 5) is 64.7. The van der Waals surface area contributed by atoms with Crippen molar-refractivity contribution in [2.24, 2.45) is 10.8 Å². The van der Waals surface area contributed by atoms with Gasteiger partial charge in [0.15, 0.2) is 11.9 Å². The molecule has 0 aromatic heterocycles. The molecule has 4 heterocycles. The minimum Gasteiger partial charge on any atom is -0.466 e. The number of unbranched alkanes of at least 4 members (excludes halogenated alkanes) is 1. The minimum absolute atomic E-state index is 0.0721. The second kappa shape index (κ2) is 22.3. The maximum Gasteiger partial charge on any atom is 0.331 e. The molecule has 4 N–H and O–H groups in total. The van der Waals surface area contributed by atoms with Gasteiger partial charge in [-0.3, -0.25) is 9.59 Å². The zero-order valence-corrected chi connectivity index (χ0v) is 38.5. The van der Waals surface area contributed by atoms with Crippen molar-refractivity contribution >= 4 is 29.8 Å². The maximum absolute atomic E-state index is 13.4. The molecule has 4 rings (SSSR count). The Bertz CT molecular complexity index is 1830. The van der Waals surface area contributed by atoms with Crippen molar-refractivity contribution < 1.29 is 82.3 Å². The summed E-state index contributed by atoms with van der Waals surface area (Å²) in [5.41, 5.74) is -2.06. The number of rotatable bonds is 9. The monoisotopic (exact) mass is 904 g/mol. The lowest BCUT2D eigenvalue weighted by Gasteiger charge is -2.53. The Hall–Kier alpha value is -4.23. The van der Waals surface area contributed by atoms with Gasteiger partial charge in [0.05, 0.1) is 62.7 Å². The molecule has 0 aliphatic carbocycles. The molecule has 64 heavy (non-hydrogen) atoms. The fraction of sp³-hybridized carbons (Fsp3) is 0.681. The third-order valence-corrected chi connectivity index (χ3v) is 12.4. The van der Waals surface area contributed by atoms with Gasteiger partial charge < -0.3 is 58.3 Å². The summed E-state index contributed by atoms with van der Waals surface area (Å²) < 4.78 is 46.7. The average molecular weight is 905 g/mol. The number of cyclic esters (lactones) is 1. The van der Waals surface area contributed by atoms with Crippen LogP contribution in [0.2, 0.25) is 0 Å². The molecule has 358 valence electrons. The van der Waals surface area contributed by atoms with E-state index in [1.54, 1.807) is 45.9 Å². The third kappa shape index (κ3) is 13.4. The van der Waals surface area contributed by atoms with E-state index >= 15 is 0 Å². The van der Waals surface area contributed by atoms with E-state index in [-0.39, 0.29) is 50.5 Å². The van der Waals surface area contributed by atoms with E-state index in [0.717, 1.165) is 32.1 Å². The Morgan fingerprint density at radius 1 is 0.875 bits per heavy atom. The number of ether oxygens (including phenoxy) is 8. The topological polar surface area (TPSA) is 240 Å². The Labute approximate surface area is 375 Å². The molecule has 0 aromatic rings. The van der Waals surface area contributed by atoms with Crippen LogP contribution < -0.4 is 0 Å². The van der Waals surface area contributed by atoms with Crippen molar-refractivity contribution in [2.75, 3.05) is 14.2 Å². The van der Waals surface area contributed by atoms with Crippen molar-refractivity contribution in [3.63, 3.8) is 0 Å². The number of aliphatic hydroxyl groups is 4. The molecule has 11 atom stereocenters. The highest BCUT2D eigenvalue weighted by atomic mass is 16.7. The Morgan fingerprint density at radius 2 is 1.56 bits per heavy atom. The van der Waals surface area contributed by atoms with Gasteiger partial charge in [0.2, 0.25) is 5.79 Å². The molecule has 17 heteroatoms. The van der Waals surface area contributed by atoms with Crippen LogP contribution in [-0.4, -0.2) is 131 Å². The number of fused-ring (bicyclic) bond motifs is 6. The number of allylic oxidation sites excluding steroid dienone is 3. The van der Waals surface area contributed by atoms with Crippen LogP contribution in [0.5, 0.6) is 0 Å². The first-order chi connectivity index (χ1) is 29.9. The number of carbonyl (C=O) groups is 5. The molecule has 0 saturated carbocycles. The van der Waals surface area contributed by atoms with Gasteiger partial charge in [-0.25, -0.2) is 14.4 Å². The van der Waals surface area contributed by atoms with Crippen LogP contribution in [-0.2, 0) is 61.9 Å². The van der Waals surface area contributed by atoms with E-state index in [1.807, 2.05) is 13.0 Å². The summed E-state index contributed by atoms with van der Waals surface area (Å²) >= 11 is 0. The Kier molecular flexibility index (Phi) is 18.3. The highest BCUT2D eigenvalue weighted by Crippen LogP contribution is 2.50. The lowest BCUT2D eigenvalue weighted by Crippen LogP contribution is -2.62. The van der Waals surface area contributed by atoms with E-state index in [0.29, 0.717) is 5.57 Å². The fourth-order valence-corrected chi connectivity index (χ4v) is 8.57. The Balaban J connectivity index is 1.89. The first kappa shape index (κ1) is 52.4. The first-order valence-corrected chi connectivity index (χ1v) is 21.9. The predicted octanol–water partition coefficient (Wildman–Crippen LogP) is 4.28. The highest BCUT2D eigenvalue weighted by molar-refractivity contribution is 5.85. The number of hydrogen-bond donors (Lipinski definition) is 4. The van der Waals surface area contributed by atoms with Crippen LogP contribution in [0.1, 0.15) is 113 Å². The van der Waals surface area contributed by atoms with Crippen molar-refractivity contribution in [3.8, 4) is 0 Å². The van der Waals surface area contributed by atoms with Gasteiger partial charge in [-0.15, -0.1) is 0 Å². The van der Waals surface area contributed by atoms with Gasteiger partial charge in [-0.2, -0.15) is 0 Å². The molecule has 0 spiro atoms. The van der Waals surface area contributed by atoms with E-state index in [1.165, 1.54) is 33.1 Å². The van der Waals surface area contributed by atoms with Crippen molar-refractivity contribution in [1.29, 1.82) is 0 Å². The molecule has 17 nitrogen and oxygen atoms in total. The van der Waals surface area contributed by atoms with E-state index in [4.69, 9.17) is 37.9 Å². The standard InChI is InChI=1S/C47H68O17/c1-10-11-12-13-14-15-39(51)62-43-31(22-41(53)58-9)21-34-25-37(28(2)48)61-42(54)24-32(50)23-35-26-38(59-29(3)49)45(6,7)46(55,63-35)27-36-19-30(20-40(52)57-8)18-33(60-36)16-17-44(4,5)47(43,56)64-34/h12-17,20,22,28,32-38,43,48,50,55-56H,10-11,18-19,21,23-27H2,1-9H3/b13-12+,15-14+,17-16+,30-20+,31-22+/t28-,32-,33+,34+,35-,36+,37-,38+,43+,46-,47-/m1/s1. The number of hydrogen-bond acceptors (Lipinski definition) is 17. The molecule has 0 radical (unpaired) electrons. The second-order valence-electron chi connectivity index (χ2n) is 18.3. The van der Waals surface area contributed by atoms with Crippen molar-refractivity contribution in [3.05, 3.63) is 59.8 Å². The van der Waals surface area contributed by atoms with E-state index in [2.05, 4.69) is 0 Å².